The Kier molecular flexibility index (Phi) is 4.80. The molecule has 0 radical (unpaired) electrons. The first-order chi connectivity index (χ1) is 8.79. The zero-order valence-corrected chi connectivity index (χ0v) is 11.2. The Morgan fingerprint density at radius 1 is 1.17 bits per heavy atom. The number of ketones is 1. The Morgan fingerprint density at radius 2 is 1.94 bits per heavy atom. The molecule has 2 rings (SSSR count). The van der Waals surface area contributed by atoms with Gasteiger partial charge in [0.05, 0.1) is 7.11 Å². The minimum absolute atomic E-state index is 0.301. The molecule has 1 atom stereocenters. The number of carbonyl (C=O) groups excluding carboxylic acids is 1. The molecule has 0 saturated heterocycles. The highest BCUT2D eigenvalue weighted by molar-refractivity contribution is 5.81. The van der Waals surface area contributed by atoms with E-state index in [-0.39, 0.29) is 0 Å². The third kappa shape index (κ3) is 3.59. The molecule has 0 N–H and O–H groups in total. The van der Waals surface area contributed by atoms with Crippen molar-refractivity contribution in [3.8, 4) is 5.75 Å². The van der Waals surface area contributed by atoms with Gasteiger partial charge in [-0.15, -0.1) is 0 Å². The van der Waals surface area contributed by atoms with Crippen LogP contribution < -0.4 is 4.74 Å². The van der Waals surface area contributed by atoms with E-state index in [1.54, 1.807) is 7.11 Å². The van der Waals surface area contributed by atoms with Gasteiger partial charge in [-0.1, -0.05) is 25.0 Å². The second-order valence-corrected chi connectivity index (χ2v) is 5.15. The molecule has 1 aliphatic rings. The fraction of sp³-hybridized carbons (Fsp3) is 0.562. The van der Waals surface area contributed by atoms with E-state index in [1.165, 1.54) is 18.4 Å². The van der Waals surface area contributed by atoms with E-state index >= 15 is 0 Å². The molecule has 98 valence electrons. The van der Waals surface area contributed by atoms with Crippen LogP contribution in [0.3, 0.4) is 0 Å². The van der Waals surface area contributed by atoms with Crippen LogP contribution >= 0.6 is 0 Å². The Morgan fingerprint density at radius 3 is 2.67 bits per heavy atom. The van der Waals surface area contributed by atoms with Crippen LogP contribution in [0.15, 0.2) is 24.3 Å². The fourth-order valence-electron chi connectivity index (χ4n) is 2.67. The lowest BCUT2D eigenvalue weighted by atomic mass is 9.92. The standard InChI is InChI=1S/C16H22O2/c1-18-15-11-8-13(9-12-15)7-10-14-5-3-2-4-6-16(14)17/h8-9,11-12,14H,2-7,10H2,1H3. The normalized spacial score (nSPS) is 20.5. The number of hydrogen-bond acceptors (Lipinski definition) is 2. The first-order valence-electron chi connectivity index (χ1n) is 6.95. The van der Waals surface area contributed by atoms with Crippen LogP contribution in [-0.2, 0) is 11.2 Å². The average Bonchev–Trinajstić information content (AvgIpc) is 2.62. The second-order valence-electron chi connectivity index (χ2n) is 5.15. The molecule has 0 bridgehead atoms. The van der Waals surface area contributed by atoms with E-state index in [0.29, 0.717) is 11.7 Å². The maximum Gasteiger partial charge on any atom is 0.135 e. The highest BCUT2D eigenvalue weighted by atomic mass is 16.5. The number of benzene rings is 1. The van der Waals surface area contributed by atoms with Gasteiger partial charge in [0.15, 0.2) is 0 Å². The number of carbonyl (C=O) groups is 1. The molecule has 0 heterocycles. The van der Waals surface area contributed by atoms with E-state index in [9.17, 15) is 4.79 Å². The zero-order chi connectivity index (χ0) is 12.8. The quantitative estimate of drug-likeness (QED) is 0.756. The van der Waals surface area contributed by atoms with Crippen LogP contribution in [0.25, 0.3) is 0 Å². The highest BCUT2D eigenvalue weighted by Gasteiger charge is 2.20. The molecule has 1 aromatic rings. The molecule has 1 fully saturated rings. The Balaban J connectivity index is 1.87. The van der Waals surface area contributed by atoms with Crippen molar-refractivity contribution in [1.82, 2.24) is 0 Å². The molecule has 1 saturated carbocycles. The Labute approximate surface area is 109 Å². The topological polar surface area (TPSA) is 26.3 Å². The summed E-state index contributed by atoms with van der Waals surface area (Å²) in [6.45, 7) is 0. The van der Waals surface area contributed by atoms with E-state index in [2.05, 4.69) is 12.1 Å². The van der Waals surface area contributed by atoms with E-state index in [1.807, 2.05) is 12.1 Å². The number of aryl methyl sites for hydroxylation is 1. The lowest BCUT2D eigenvalue weighted by molar-refractivity contribution is -0.122. The van der Waals surface area contributed by atoms with Crippen molar-refractivity contribution in [2.24, 2.45) is 5.92 Å². The molecule has 0 amide bonds. The lowest BCUT2D eigenvalue weighted by Crippen LogP contribution is -2.13. The minimum atomic E-state index is 0.301. The van der Waals surface area contributed by atoms with Gasteiger partial charge in [0.2, 0.25) is 0 Å². The largest absolute Gasteiger partial charge is 0.497 e. The molecule has 0 aromatic heterocycles. The molecule has 1 unspecified atom stereocenters. The van der Waals surface area contributed by atoms with Gasteiger partial charge in [0.25, 0.3) is 0 Å². The predicted octanol–water partition coefficient (Wildman–Crippen LogP) is 3.78. The summed E-state index contributed by atoms with van der Waals surface area (Å²) in [5.41, 5.74) is 1.30. The van der Waals surface area contributed by atoms with Crippen LogP contribution in [0.1, 0.15) is 44.1 Å². The van der Waals surface area contributed by atoms with Crippen LogP contribution in [0.2, 0.25) is 0 Å². The summed E-state index contributed by atoms with van der Waals surface area (Å²) < 4.78 is 5.14. The van der Waals surface area contributed by atoms with E-state index in [4.69, 9.17) is 4.74 Å². The van der Waals surface area contributed by atoms with Gasteiger partial charge in [-0.05, 0) is 43.4 Å². The second kappa shape index (κ2) is 6.58. The van der Waals surface area contributed by atoms with Gasteiger partial charge in [-0.25, -0.2) is 0 Å². The third-order valence-corrected chi connectivity index (χ3v) is 3.87. The van der Waals surface area contributed by atoms with E-state index < -0.39 is 0 Å². The number of methoxy groups -OCH3 is 1. The molecule has 1 aromatic carbocycles. The monoisotopic (exact) mass is 246 g/mol. The lowest BCUT2D eigenvalue weighted by Gasteiger charge is -2.12. The maximum absolute atomic E-state index is 11.9. The highest BCUT2D eigenvalue weighted by Crippen LogP contribution is 2.24. The molecule has 2 heteroatoms. The van der Waals surface area contributed by atoms with Crippen molar-refractivity contribution in [3.63, 3.8) is 0 Å². The minimum Gasteiger partial charge on any atom is -0.497 e. The zero-order valence-electron chi connectivity index (χ0n) is 11.2. The van der Waals surface area contributed by atoms with Crippen molar-refractivity contribution in [3.05, 3.63) is 29.8 Å². The molecule has 18 heavy (non-hydrogen) atoms. The van der Waals surface area contributed by atoms with Crippen LogP contribution in [0.5, 0.6) is 5.75 Å². The summed E-state index contributed by atoms with van der Waals surface area (Å²) in [7, 11) is 1.68. The van der Waals surface area contributed by atoms with Crippen LogP contribution in [0, 0.1) is 5.92 Å². The summed E-state index contributed by atoms with van der Waals surface area (Å²) in [6.07, 6.45) is 7.44. The molecule has 1 aliphatic carbocycles. The predicted molar refractivity (Wildman–Crippen MR) is 72.9 cm³/mol. The molecule has 2 nitrogen and oxygen atoms in total. The summed E-state index contributed by atoms with van der Waals surface area (Å²) in [5.74, 6) is 1.68. The molecule has 0 aliphatic heterocycles. The van der Waals surface area contributed by atoms with Gasteiger partial charge in [0.1, 0.15) is 11.5 Å². The van der Waals surface area contributed by atoms with Crippen molar-refractivity contribution in [1.29, 1.82) is 0 Å². The van der Waals surface area contributed by atoms with Crippen molar-refractivity contribution in [2.75, 3.05) is 7.11 Å². The maximum atomic E-state index is 11.9. The van der Waals surface area contributed by atoms with Gasteiger partial charge in [-0.3, -0.25) is 4.79 Å². The average molecular weight is 246 g/mol. The van der Waals surface area contributed by atoms with Gasteiger partial charge < -0.3 is 4.74 Å². The summed E-state index contributed by atoms with van der Waals surface area (Å²) >= 11 is 0. The summed E-state index contributed by atoms with van der Waals surface area (Å²) in [6, 6.07) is 8.18. The van der Waals surface area contributed by atoms with Crippen molar-refractivity contribution >= 4 is 5.78 Å². The smallest absolute Gasteiger partial charge is 0.135 e. The Bertz CT molecular complexity index is 381. The first-order valence-corrected chi connectivity index (χ1v) is 6.95. The molecular formula is C16H22O2. The number of rotatable bonds is 4. The molecule has 0 spiro atoms. The number of ether oxygens (including phenoxy) is 1. The van der Waals surface area contributed by atoms with E-state index in [0.717, 1.165) is 37.9 Å². The Hall–Kier alpha value is -1.31. The number of Topliss-reactive ketones (excluding diaryl/α,β-unsaturated/α-hetero) is 1. The van der Waals surface area contributed by atoms with Gasteiger partial charge in [0, 0.05) is 12.3 Å². The summed E-state index contributed by atoms with van der Waals surface area (Å²) in [4.78, 5) is 11.9. The van der Waals surface area contributed by atoms with Crippen LogP contribution in [-0.4, -0.2) is 12.9 Å². The fourth-order valence-corrected chi connectivity index (χ4v) is 2.67. The molecular weight excluding hydrogens is 224 g/mol. The first kappa shape index (κ1) is 13.1. The van der Waals surface area contributed by atoms with Gasteiger partial charge in [-0.2, -0.15) is 0 Å². The van der Waals surface area contributed by atoms with Crippen LogP contribution in [0.4, 0.5) is 0 Å². The van der Waals surface area contributed by atoms with Gasteiger partial charge >= 0.3 is 0 Å². The summed E-state index contributed by atoms with van der Waals surface area (Å²) in [5, 5.41) is 0. The number of hydrogen-bond donors (Lipinski definition) is 0. The third-order valence-electron chi connectivity index (χ3n) is 3.87. The SMILES string of the molecule is COc1ccc(CCC2CCCCCC2=O)cc1. The van der Waals surface area contributed by atoms with Crippen molar-refractivity contribution in [2.45, 2.75) is 44.9 Å². The van der Waals surface area contributed by atoms with Crippen molar-refractivity contribution < 1.29 is 9.53 Å².